The van der Waals surface area contributed by atoms with Gasteiger partial charge in [-0.25, -0.2) is 4.39 Å². The Kier molecular flexibility index (Phi) is 4.22. The number of rotatable bonds is 2. The van der Waals surface area contributed by atoms with Gasteiger partial charge in [-0.2, -0.15) is 0 Å². The molecule has 4 aliphatic rings. The van der Waals surface area contributed by atoms with E-state index in [4.69, 9.17) is 0 Å². The summed E-state index contributed by atoms with van der Waals surface area (Å²) in [5.74, 6) is -1.74. The van der Waals surface area contributed by atoms with Crippen molar-refractivity contribution in [3.05, 3.63) is 64.5 Å². The highest BCUT2D eigenvalue weighted by atomic mass is 19.1. The summed E-state index contributed by atoms with van der Waals surface area (Å²) in [5.41, 5.74) is 2.87. The Hall–Kier alpha value is -3.59. The molecule has 6 rings (SSSR count). The van der Waals surface area contributed by atoms with E-state index in [0.29, 0.717) is 28.9 Å². The van der Waals surface area contributed by atoms with E-state index in [0.717, 1.165) is 18.7 Å². The fourth-order valence-electron chi connectivity index (χ4n) is 5.42. The molecule has 0 saturated carbocycles. The molecule has 0 aromatic heterocycles. The van der Waals surface area contributed by atoms with E-state index < -0.39 is 17.8 Å². The quantitative estimate of drug-likeness (QED) is 0.671. The maximum atomic E-state index is 14.0. The Bertz CT molecular complexity index is 1260. The maximum absolute atomic E-state index is 14.0. The SMILES string of the molecule is O=C1CCC(N2Cc3cc(C(=O)N4CC5(CNC5)c5ccc(F)cc54)ccc3C2=O)C(=O)N1. The zero-order valence-corrected chi connectivity index (χ0v) is 17.7. The Morgan fingerprint density at radius 3 is 2.64 bits per heavy atom. The summed E-state index contributed by atoms with van der Waals surface area (Å²) in [5, 5.41) is 5.54. The van der Waals surface area contributed by atoms with Crippen LogP contribution in [-0.4, -0.2) is 54.2 Å². The maximum Gasteiger partial charge on any atom is 0.258 e. The molecule has 4 amide bonds. The van der Waals surface area contributed by atoms with Crippen LogP contribution in [0, 0.1) is 5.82 Å². The first kappa shape index (κ1) is 20.0. The highest BCUT2D eigenvalue weighted by molar-refractivity contribution is 6.10. The lowest BCUT2D eigenvalue weighted by atomic mass is 9.77. The smallest absolute Gasteiger partial charge is 0.258 e. The van der Waals surface area contributed by atoms with Crippen LogP contribution >= 0.6 is 0 Å². The Labute approximate surface area is 188 Å². The number of imide groups is 1. The molecular formula is C24H21FN4O4. The third-order valence-electron chi connectivity index (χ3n) is 7.23. The number of hydrogen-bond acceptors (Lipinski definition) is 5. The van der Waals surface area contributed by atoms with Gasteiger partial charge in [0.15, 0.2) is 0 Å². The van der Waals surface area contributed by atoms with Crippen LogP contribution in [0.1, 0.15) is 44.7 Å². The first-order valence-electron chi connectivity index (χ1n) is 11.0. The molecule has 1 unspecified atom stereocenters. The van der Waals surface area contributed by atoms with Gasteiger partial charge in [-0.3, -0.25) is 24.5 Å². The normalized spacial score (nSPS) is 22.8. The number of nitrogens with one attached hydrogen (secondary N) is 2. The molecule has 2 saturated heterocycles. The molecule has 4 aliphatic heterocycles. The second kappa shape index (κ2) is 6.95. The zero-order valence-electron chi connectivity index (χ0n) is 17.7. The average molecular weight is 448 g/mol. The lowest BCUT2D eigenvalue weighted by Gasteiger charge is -2.39. The molecule has 2 aromatic carbocycles. The minimum Gasteiger partial charge on any atom is -0.322 e. The van der Waals surface area contributed by atoms with Crippen molar-refractivity contribution in [1.29, 1.82) is 0 Å². The summed E-state index contributed by atoms with van der Waals surface area (Å²) in [6.45, 7) is 2.13. The minimum atomic E-state index is -0.707. The number of benzene rings is 2. The number of piperidine rings is 1. The van der Waals surface area contributed by atoms with E-state index in [2.05, 4.69) is 10.6 Å². The van der Waals surface area contributed by atoms with Gasteiger partial charge in [-0.1, -0.05) is 6.07 Å². The van der Waals surface area contributed by atoms with Crippen molar-refractivity contribution < 1.29 is 23.6 Å². The predicted octanol–water partition coefficient (Wildman–Crippen LogP) is 1.09. The van der Waals surface area contributed by atoms with Crippen molar-refractivity contribution in [3.8, 4) is 0 Å². The second-order valence-corrected chi connectivity index (χ2v) is 9.21. The molecule has 2 fully saturated rings. The van der Waals surface area contributed by atoms with E-state index in [-0.39, 0.29) is 42.5 Å². The van der Waals surface area contributed by atoms with Crippen LogP contribution < -0.4 is 15.5 Å². The minimum absolute atomic E-state index is 0.182. The van der Waals surface area contributed by atoms with Crippen molar-refractivity contribution in [2.45, 2.75) is 30.8 Å². The van der Waals surface area contributed by atoms with E-state index in [1.807, 2.05) is 0 Å². The second-order valence-electron chi connectivity index (χ2n) is 9.21. The number of carbonyl (C=O) groups excluding carboxylic acids is 4. The summed E-state index contributed by atoms with van der Waals surface area (Å²) in [6.07, 6.45) is 0.463. The van der Waals surface area contributed by atoms with Gasteiger partial charge >= 0.3 is 0 Å². The summed E-state index contributed by atoms with van der Waals surface area (Å²) >= 11 is 0. The van der Waals surface area contributed by atoms with Crippen LogP contribution in [0.5, 0.6) is 0 Å². The lowest BCUT2D eigenvalue weighted by molar-refractivity contribution is -0.136. The fraction of sp³-hybridized carbons (Fsp3) is 0.333. The Balaban J connectivity index is 1.29. The van der Waals surface area contributed by atoms with Crippen LogP contribution in [0.15, 0.2) is 36.4 Å². The van der Waals surface area contributed by atoms with E-state index in [1.165, 1.54) is 17.0 Å². The van der Waals surface area contributed by atoms with Gasteiger partial charge in [0.2, 0.25) is 11.8 Å². The number of anilines is 1. The largest absolute Gasteiger partial charge is 0.322 e. The van der Waals surface area contributed by atoms with Gasteiger partial charge < -0.3 is 15.1 Å². The zero-order chi connectivity index (χ0) is 22.9. The van der Waals surface area contributed by atoms with Crippen molar-refractivity contribution in [1.82, 2.24) is 15.5 Å². The third kappa shape index (κ3) is 2.92. The molecule has 2 N–H and O–H groups in total. The van der Waals surface area contributed by atoms with Crippen LogP contribution in [-0.2, 0) is 21.5 Å². The Morgan fingerprint density at radius 2 is 1.91 bits per heavy atom. The van der Waals surface area contributed by atoms with Gasteiger partial charge in [-0.15, -0.1) is 0 Å². The molecule has 1 atom stereocenters. The summed E-state index contributed by atoms with van der Waals surface area (Å²) in [4.78, 5) is 53.2. The average Bonchev–Trinajstić information content (AvgIpc) is 3.28. The van der Waals surface area contributed by atoms with Crippen LogP contribution in [0.25, 0.3) is 0 Å². The standard InChI is InChI=1S/C24H21FN4O4/c25-15-2-4-17-19(8-15)29(12-24(17)10-26-11-24)22(32)13-1-3-16-14(7-13)9-28(23(16)33)18-5-6-20(30)27-21(18)31/h1-4,7-8,18,26H,5-6,9-12H2,(H,27,30,31). The molecule has 33 heavy (non-hydrogen) atoms. The predicted molar refractivity (Wildman–Crippen MR) is 115 cm³/mol. The fourth-order valence-corrected chi connectivity index (χ4v) is 5.42. The Morgan fingerprint density at radius 1 is 1.09 bits per heavy atom. The van der Waals surface area contributed by atoms with Gasteiger partial charge in [0.25, 0.3) is 11.8 Å². The first-order valence-corrected chi connectivity index (χ1v) is 11.0. The highest BCUT2D eigenvalue weighted by Gasteiger charge is 2.49. The van der Waals surface area contributed by atoms with Gasteiger partial charge in [0.1, 0.15) is 11.9 Å². The summed E-state index contributed by atoms with van der Waals surface area (Å²) in [7, 11) is 0. The van der Waals surface area contributed by atoms with E-state index >= 15 is 0 Å². The van der Waals surface area contributed by atoms with Crippen LogP contribution in [0.4, 0.5) is 10.1 Å². The highest BCUT2D eigenvalue weighted by Crippen LogP contribution is 2.44. The molecule has 1 spiro atoms. The monoisotopic (exact) mass is 448 g/mol. The molecule has 4 heterocycles. The molecule has 9 heteroatoms. The van der Waals surface area contributed by atoms with Crippen LogP contribution in [0.3, 0.4) is 0 Å². The van der Waals surface area contributed by atoms with Gasteiger partial charge in [0.05, 0.1) is 5.69 Å². The summed E-state index contributed by atoms with van der Waals surface area (Å²) in [6, 6.07) is 8.79. The number of hydrogen-bond donors (Lipinski definition) is 2. The molecular weight excluding hydrogens is 427 g/mol. The number of amides is 4. The van der Waals surface area contributed by atoms with Crippen LogP contribution in [0.2, 0.25) is 0 Å². The molecule has 168 valence electrons. The van der Waals surface area contributed by atoms with Gasteiger partial charge in [0, 0.05) is 49.1 Å². The molecule has 0 bridgehead atoms. The van der Waals surface area contributed by atoms with Crippen molar-refractivity contribution in [2.24, 2.45) is 0 Å². The molecule has 2 aromatic rings. The van der Waals surface area contributed by atoms with Crippen molar-refractivity contribution >= 4 is 29.3 Å². The lowest BCUT2D eigenvalue weighted by Crippen LogP contribution is -2.59. The number of carbonyl (C=O) groups is 4. The van der Waals surface area contributed by atoms with E-state index in [1.54, 1.807) is 29.2 Å². The first-order chi connectivity index (χ1) is 15.9. The molecule has 8 nitrogen and oxygen atoms in total. The summed E-state index contributed by atoms with van der Waals surface area (Å²) < 4.78 is 14.0. The van der Waals surface area contributed by atoms with Crippen molar-refractivity contribution in [2.75, 3.05) is 24.5 Å². The molecule has 0 radical (unpaired) electrons. The topological polar surface area (TPSA) is 98.8 Å². The van der Waals surface area contributed by atoms with E-state index in [9.17, 15) is 23.6 Å². The van der Waals surface area contributed by atoms with Gasteiger partial charge in [-0.05, 0) is 47.9 Å². The third-order valence-corrected chi connectivity index (χ3v) is 7.23. The number of fused-ring (bicyclic) bond motifs is 3. The van der Waals surface area contributed by atoms with Crippen molar-refractivity contribution in [3.63, 3.8) is 0 Å². The molecule has 0 aliphatic carbocycles. The number of nitrogens with zero attached hydrogens (tertiary/aromatic N) is 2. The number of halogens is 1.